The maximum absolute atomic E-state index is 12.3. The first kappa shape index (κ1) is 14.8. The number of carbonyl (C=O) groups excluding carboxylic acids is 1. The molecule has 0 atom stereocenters. The Morgan fingerprint density at radius 1 is 0.955 bits per heavy atom. The van der Waals surface area contributed by atoms with E-state index in [1.165, 1.54) is 5.56 Å². The lowest BCUT2D eigenvalue weighted by molar-refractivity contribution is 0.0487. The molecule has 0 aliphatic carbocycles. The van der Waals surface area contributed by atoms with Gasteiger partial charge < -0.3 is 10.1 Å². The largest absolute Gasteiger partial charge is 0.381 e. The first-order valence-corrected chi connectivity index (χ1v) is 7.77. The molecule has 3 nitrogen and oxygen atoms in total. The van der Waals surface area contributed by atoms with Crippen molar-refractivity contribution < 1.29 is 9.53 Å². The normalized spacial score (nSPS) is 16.9. The Labute approximate surface area is 131 Å². The fourth-order valence-corrected chi connectivity index (χ4v) is 3.06. The molecule has 0 bridgehead atoms. The molecule has 0 aromatic heterocycles. The molecule has 114 valence electrons. The van der Waals surface area contributed by atoms with Gasteiger partial charge in [0.15, 0.2) is 0 Å². The topological polar surface area (TPSA) is 38.3 Å². The molecule has 22 heavy (non-hydrogen) atoms. The molecular formula is C19H21NO2. The van der Waals surface area contributed by atoms with Crippen LogP contribution >= 0.6 is 0 Å². The van der Waals surface area contributed by atoms with Gasteiger partial charge in [0.2, 0.25) is 0 Å². The summed E-state index contributed by atoms with van der Waals surface area (Å²) in [4.78, 5) is 12.3. The summed E-state index contributed by atoms with van der Waals surface area (Å²) in [7, 11) is 0. The van der Waals surface area contributed by atoms with Crippen molar-refractivity contribution in [3.63, 3.8) is 0 Å². The van der Waals surface area contributed by atoms with Crippen LogP contribution in [0.2, 0.25) is 0 Å². The van der Waals surface area contributed by atoms with Crippen molar-refractivity contribution >= 4 is 5.91 Å². The Morgan fingerprint density at radius 2 is 1.55 bits per heavy atom. The number of rotatable bonds is 4. The van der Waals surface area contributed by atoms with Crippen LogP contribution in [-0.4, -0.2) is 25.7 Å². The molecule has 2 aromatic carbocycles. The predicted molar refractivity (Wildman–Crippen MR) is 86.9 cm³/mol. The van der Waals surface area contributed by atoms with Crippen molar-refractivity contribution in [2.45, 2.75) is 18.3 Å². The molecule has 1 N–H and O–H groups in total. The summed E-state index contributed by atoms with van der Waals surface area (Å²) in [6, 6.07) is 19.8. The Morgan fingerprint density at radius 3 is 2.18 bits per heavy atom. The lowest BCUT2D eigenvalue weighted by atomic mass is 9.74. The molecule has 1 aliphatic heterocycles. The summed E-state index contributed by atoms with van der Waals surface area (Å²) >= 11 is 0. The van der Waals surface area contributed by atoms with E-state index in [-0.39, 0.29) is 11.3 Å². The molecule has 3 heteroatoms. The van der Waals surface area contributed by atoms with E-state index in [1.807, 2.05) is 36.4 Å². The van der Waals surface area contributed by atoms with E-state index in [9.17, 15) is 4.79 Å². The molecule has 1 fully saturated rings. The van der Waals surface area contributed by atoms with E-state index >= 15 is 0 Å². The number of nitrogens with one attached hydrogen (secondary N) is 1. The third kappa shape index (κ3) is 3.20. The van der Waals surface area contributed by atoms with E-state index in [4.69, 9.17) is 4.74 Å². The minimum Gasteiger partial charge on any atom is -0.381 e. The van der Waals surface area contributed by atoms with Gasteiger partial charge in [-0.05, 0) is 30.5 Å². The van der Waals surface area contributed by atoms with Crippen LogP contribution in [0, 0.1) is 0 Å². The van der Waals surface area contributed by atoms with E-state index < -0.39 is 0 Å². The van der Waals surface area contributed by atoms with Crippen LogP contribution in [0.1, 0.15) is 28.8 Å². The van der Waals surface area contributed by atoms with Gasteiger partial charge >= 0.3 is 0 Å². The SMILES string of the molecule is O=C(NCC1(c2ccccc2)CCOCC1)c1ccccc1. The maximum atomic E-state index is 12.3. The zero-order chi connectivity index (χ0) is 15.3. The van der Waals surface area contributed by atoms with Crippen molar-refractivity contribution in [1.29, 1.82) is 0 Å². The Hall–Kier alpha value is -2.13. The summed E-state index contributed by atoms with van der Waals surface area (Å²) in [5.74, 6) is -0.0117. The van der Waals surface area contributed by atoms with Crippen LogP contribution in [0.25, 0.3) is 0 Å². The predicted octanol–water partition coefficient (Wildman–Crippen LogP) is 3.16. The Kier molecular flexibility index (Phi) is 4.54. The van der Waals surface area contributed by atoms with Gasteiger partial charge in [-0.25, -0.2) is 0 Å². The molecule has 2 aromatic rings. The zero-order valence-corrected chi connectivity index (χ0v) is 12.6. The van der Waals surface area contributed by atoms with Crippen molar-refractivity contribution in [3.05, 3.63) is 71.8 Å². The highest BCUT2D eigenvalue weighted by Crippen LogP contribution is 2.34. The van der Waals surface area contributed by atoms with Crippen molar-refractivity contribution in [1.82, 2.24) is 5.32 Å². The third-order valence-electron chi connectivity index (χ3n) is 4.46. The lowest BCUT2D eigenvalue weighted by Gasteiger charge is -2.38. The summed E-state index contributed by atoms with van der Waals surface area (Å²) in [5.41, 5.74) is 1.97. The smallest absolute Gasteiger partial charge is 0.251 e. The van der Waals surface area contributed by atoms with Crippen LogP contribution in [0.15, 0.2) is 60.7 Å². The molecule has 3 rings (SSSR count). The summed E-state index contributed by atoms with van der Waals surface area (Å²) < 4.78 is 5.52. The number of hydrogen-bond donors (Lipinski definition) is 1. The average Bonchev–Trinajstić information content (AvgIpc) is 2.62. The first-order chi connectivity index (χ1) is 10.8. The van der Waals surface area contributed by atoms with Gasteiger partial charge in [-0.3, -0.25) is 4.79 Å². The number of ether oxygens (including phenoxy) is 1. The fourth-order valence-electron chi connectivity index (χ4n) is 3.06. The Balaban J connectivity index is 1.75. The van der Waals surface area contributed by atoms with Crippen molar-refractivity contribution in [3.8, 4) is 0 Å². The molecule has 0 unspecified atom stereocenters. The quantitative estimate of drug-likeness (QED) is 0.941. The number of amides is 1. The van der Waals surface area contributed by atoms with E-state index in [0.29, 0.717) is 12.1 Å². The highest BCUT2D eigenvalue weighted by molar-refractivity contribution is 5.94. The lowest BCUT2D eigenvalue weighted by Crippen LogP contribution is -2.44. The van der Waals surface area contributed by atoms with Crippen LogP contribution in [0.4, 0.5) is 0 Å². The Bertz CT molecular complexity index is 604. The van der Waals surface area contributed by atoms with Crippen LogP contribution < -0.4 is 5.32 Å². The first-order valence-electron chi connectivity index (χ1n) is 7.77. The number of benzene rings is 2. The molecule has 0 radical (unpaired) electrons. The van der Waals surface area contributed by atoms with Gasteiger partial charge in [-0.15, -0.1) is 0 Å². The van der Waals surface area contributed by atoms with Gasteiger partial charge in [0.05, 0.1) is 0 Å². The third-order valence-corrected chi connectivity index (χ3v) is 4.46. The van der Waals surface area contributed by atoms with Gasteiger partial charge in [0.1, 0.15) is 0 Å². The summed E-state index contributed by atoms with van der Waals surface area (Å²) in [6.07, 6.45) is 1.87. The number of hydrogen-bond acceptors (Lipinski definition) is 2. The minimum absolute atomic E-state index is 0.0117. The minimum atomic E-state index is -0.0239. The van der Waals surface area contributed by atoms with Gasteiger partial charge in [0, 0.05) is 30.7 Å². The second-order valence-corrected chi connectivity index (χ2v) is 5.81. The van der Waals surface area contributed by atoms with E-state index in [0.717, 1.165) is 26.1 Å². The molecule has 0 spiro atoms. The second-order valence-electron chi connectivity index (χ2n) is 5.81. The van der Waals surface area contributed by atoms with E-state index in [1.54, 1.807) is 0 Å². The molecule has 0 saturated carbocycles. The highest BCUT2D eigenvalue weighted by atomic mass is 16.5. The molecule has 1 heterocycles. The molecule has 1 aliphatic rings. The summed E-state index contributed by atoms with van der Waals surface area (Å²) in [6.45, 7) is 2.14. The van der Waals surface area contributed by atoms with Crippen LogP contribution in [0.3, 0.4) is 0 Å². The van der Waals surface area contributed by atoms with Gasteiger partial charge in [-0.2, -0.15) is 0 Å². The molecule has 1 saturated heterocycles. The van der Waals surface area contributed by atoms with Crippen LogP contribution in [-0.2, 0) is 10.2 Å². The zero-order valence-electron chi connectivity index (χ0n) is 12.6. The standard InChI is InChI=1S/C19H21NO2/c21-18(16-7-3-1-4-8-16)20-15-19(11-13-22-14-12-19)17-9-5-2-6-10-17/h1-10H,11-15H2,(H,20,21). The van der Waals surface area contributed by atoms with Crippen molar-refractivity contribution in [2.24, 2.45) is 0 Å². The fraction of sp³-hybridized carbons (Fsp3) is 0.316. The van der Waals surface area contributed by atoms with Crippen molar-refractivity contribution in [2.75, 3.05) is 19.8 Å². The molecular weight excluding hydrogens is 274 g/mol. The van der Waals surface area contributed by atoms with Gasteiger partial charge in [0.25, 0.3) is 5.91 Å². The van der Waals surface area contributed by atoms with Crippen LogP contribution in [0.5, 0.6) is 0 Å². The summed E-state index contributed by atoms with van der Waals surface area (Å²) in [5, 5.41) is 3.11. The van der Waals surface area contributed by atoms with Gasteiger partial charge in [-0.1, -0.05) is 48.5 Å². The number of carbonyl (C=O) groups is 1. The van der Waals surface area contributed by atoms with E-state index in [2.05, 4.69) is 29.6 Å². The maximum Gasteiger partial charge on any atom is 0.251 e. The molecule has 1 amide bonds. The second kappa shape index (κ2) is 6.75. The average molecular weight is 295 g/mol. The highest BCUT2D eigenvalue weighted by Gasteiger charge is 2.34. The monoisotopic (exact) mass is 295 g/mol.